The van der Waals surface area contributed by atoms with Crippen LogP contribution in [0.3, 0.4) is 0 Å². The number of hydrogen-bond acceptors (Lipinski definition) is 4. The SMILES string of the molecule is COC(=O)CC1NC(C)CN(C(C)C)C1=O. The van der Waals surface area contributed by atoms with E-state index in [2.05, 4.69) is 10.1 Å². The normalized spacial score (nSPS) is 26.1. The molecule has 0 aromatic rings. The van der Waals surface area contributed by atoms with Gasteiger partial charge in [0.05, 0.1) is 19.6 Å². The Morgan fingerprint density at radius 1 is 1.62 bits per heavy atom. The molecule has 0 aromatic heterocycles. The third-order valence-electron chi connectivity index (χ3n) is 2.76. The largest absolute Gasteiger partial charge is 0.469 e. The molecule has 1 rings (SSSR count). The molecule has 2 unspecified atom stereocenters. The maximum atomic E-state index is 12.0. The monoisotopic (exact) mass is 228 g/mol. The van der Waals surface area contributed by atoms with Gasteiger partial charge in [-0.2, -0.15) is 0 Å². The molecule has 92 valence electrons. The van der Waals surface area contributed by atoms with Gasteiger partial charge < -0.3 is 15.0 Å². The van der Waals surface area contributed by atoms with E-state index < -0.39 is 6.04 Å². The van der Waals surface area contributed by atoms with Crippen molar-refractivity contribution in [2.45, 2.75) is 45.3 Å². The lowest BCUT2D eigenvalue weighted by molar-refractivity contribution is -0.147. The molecule has 0 radical (unpaired) electrons. The molecule has 0 spiro atoms. The Morgan fingerprint density at radius 2 is 2.25 bits per heavy atom. The first-order valence-corrected chi connectivity index (χ1v) is 5.59. The van der Waals surface area contributed by atoms with Crippen LogP contribution in [0, 0.1) is 0 Å². The summed E-state index contributed by atoms with van der Waals surface area (Å²) in [5.74, 6) is -0.373. The fraction of sp³-hybridized carbons (Fsp3) is 0.818. The van der Waals surface area contributed by atoms with Crippen molar-refractivity contribution in [1.82, 2.24) is 10.2 Å². The molecule has 5 nitrogen and oxygen atoms in total. The van der Waals surface area contributed by atoms with Crippen molar-refractivity contribution < 1.29 is 14.3 Å². The molecule has 0 bridgehead atoms. The second-order valence-corrected chi connectivity index (χ2v) is 4.48. The van der Waals surface area contributed by atoms with E-state index in [4.69, 9.17) is 0 Å². The lowest BCUT2D eigenvalue weighted by atomic mass is 10.1. The first-order valence-electron chi connectivity index (χ1n) is 5.59. The minimum atomic E-state index is -0.446. The summed E-state index contributed by atoms with van der Waals surface area (Å²) in [6, 6.07) is -0.0782. The van der Waals surface area contributed by atoms with Crippen LogP contribution in [-0.4, -0.2) is 48.6 Å². The molecule has 5 heteroatoms. The summed E-state index contributed by atoms with van der Waals surface area (Å²) in [6.45, 7) is 6.65. The highest BCUT2D eigenvalue weighted by Gasteiger charge is 2.34. The number of nitrogens with one attached hydrogen (secondary N) is 1. The molecular formula is C11H20N2O3. The van der Waals surface area contributed by atoms with E-state index >= 15 is 0 Å². The number of hydrogen-bond donors (Lipinski definition) is 1. The van der Waals surface area contributed by atoms with Gasteiger partial charge in [0.1, 0.15) is 0 Å². The van der Waals surface area contributed by atoms with Crippen LogP contribution in [0.4, 0.5) is 0 Å². The Labute approximate surface area is 96.1 Å². The number of methoxy groups -OCH3 is 1. The summed E-state index contributed by atoms with van der Waals surface area (Å²) >= 11 is 0. The summed E-state index contributed by atoms with van der Waals surface area (Å²) in [6.07, 6.45) is 0.100. The van der Waals surface area contributed by atoms with Crippen LogP contribution in [0.15, 0.2) is 0 Å². The molecule has 0 aromatic carbocycles. The van der Waals surface area contributed by atoms with E-state index in [9.17, 15) is 9.59 Å². The van der Waals surface area contributed by atoms with Crippen molar-refractivity contribution in [3.8, 4) is 0 Å². The van der Waals surface area contributed by atoms with Crippen molar-refractivity contribution in [1.29, 1.82) is 0 Å². The average molecular weight is 228 g/mol. The molecule has 1 saturated heterocycles. The third kappa shape index (κ3) is 2.95. The van der Waals surface area contributed by atoms with Crippen LogP contribution < -0.4 is 5.32 Å². The molecule has 16 heavy (non-hydrogen) atoms. The number of nitrogens with zero attached hydrogens (tertiary/aromatic N) is 1. The molecule has 1 aliphatic rings. The van der Waals surface area contributed by atoms with Crippen molar-refractivity contribution in [3.63, 3.8) is 0 Å². The highest BCUT2D eigenvalue weighted by Crippen LogP contribution is 2.12. The maximum Gasteiger partial charge on any atom is 0.307 e. The van der Waals surface area contributed by atoms with Gasteiger partial charge >= 0.3 is 5.97 Å². The summed E-state index contributed by atoms with van der Waals surface area (Å²) in [4.78, 5) is 25.0. The van der Waals surface area contributed by atoms with E-state index in [1.54, 1.807) is 4.90 Å². The number of carbonyl (C=O) groups is 2. The standard InChI is InChI=1S/C11H20N2O3/c1-7(2)13-6-8(3)12-9(11(13)15)5-10(14)16-4/h7-9,12H,5-6H2,1-4H3. The fourth-order valence-electron chi connectivity index (χ4n) is 1.91. The highest BCUT2D eigenvalue weighted by atomic mass is 16.5. The first-order chi connectivity index (χ1) is 7.45. The molecule has 0 saturated carbocycles. The summed E-state index contributed by atoms with van der Waals surface area (Å²) in [5, 5.41) is 3.12. The minimum Gasteiger partial charge on any atom is -0.469 e. The number of ether oxygens (including phenoxy) is 1. The number of piperazine rings is 1. The van der Waals surface area contributed by atoms with Gasteiger partial charge in [0.15, 0.2) is 0 Å². The topological polar surface area (TPSA) is 58.6 Å². The number of amides is 1. The first kappa shape index (κ1) is 13.0. The van der Waals surface area contributed by atoms with Crippen LogP contribution in [0.2, 0.25) is 0 Å². The van der Waals surface area contributed by atoms with Crippen molar-refractivity contribution in [3.05, 3.63) is 0 Å². The van der Waals surface area contributed by atoms with Crippen LogP contribution in [0.1, 0.15) is 27.2 Å². The summed E-state index contributed by atoms with van der Waals surface area (Å²) < 4.78 is 4.58. The van der Waals surface area contributed by atoms with Crippen LogP contribution in [-0.2, 0) is 14.3 Å². The van der Waals surface area contributed by atoms with E-state index in [0.717, 1.165) is 0 Å². The number of esters is 1. The zero-order chi connectivity index (χ0) is 12.3. The van der Waals surface area contributed by atoms with Gasteiger partial charge in [0.2, 0.25) is 5.91 Å². The van der Waals surface area contributed by atoms with Crippen LogP contribution in [0.5, 0.6) is 0 Å². The van der Waals surface area contributed by atoms with Crippen LogP contribution in [0.25, 0.3) is 0 Å². The maximum absolute atomic E-state index is 12.0. The Hall–Kier alpha value is -1.10. The second kappa shape index (κ2) is 5.30. The lowest BCUT2D eigenvalue weighted by Crippen LogP contribution is -2.61. The lowest BCUT2D eigenvalue weighted by Gasteiger charge is -2.39. The fourth-order valence-corrected chi connectivity index (χ4v) is 1.91. The van der Waals surface area contributed by atoms with Gasteiger partial charge in [-0.1, -0.05) is 0 Å². The molecule has 0 aliphatic carbocycles. The van der Waals surface area contributed by atoms with Crippen molar-refractivity contribution in [2.75, 3.05) is 13.7 Å². The molecule has 1 heterocycles. The Balaban J connectivity index is 2.69. The average Bonchev–Trinajstić information content (AvgIpc) is 2.22. The van der Waals surface area contributed by atoms with E-state index in [0.29, 0.717) is 6.54 Å². The number of carbonyl (C=O) groups excluding carboxylic acids is 2. The summed E-state index contributed by atoms with van der Waals surface area (Å²) in [5.41, 5.74) is 0. The predicted molar refractivity (Wildman–Crippen MR) is 59.9 cm³/mol. The van der Waals surface area contributed by atoms with Gasteiger partial charge in [0, 0.05) is 18.6 Å². The third-order valence-corrected chi connectivity index (χ3v) is 2.76. The molecule has 1 fully saturated rings. The van der Waals surface area contributed by atoms with Crippen molar-refractivity contribution in [2.24, 2.45) is 0 Å². The number of rotatable bonds is 3. The smallest absolute Gasteiger partial charge is 0.307 e. The second-order valence-electron chi connectivity index (χ2n) is 4.48. The minimum absolute atomic E-state index is 0.0153. The van der Waals surface area contributed by atoms with Crippen LogP contribution >= 0.6 is 0 Å². The van der Waals surface area contributed by atoms with Gasteiger partial charge in [-0.15, -0.1) is 0 Å². The van der Waals surface area contributed by atoms with E-state index in [1.165, 1.54) is 7.11 Å². The molecule has 1 amide bonds. The van der Waals surface area contributed by atoms with Gasteiger partial charge in [-0.3, -0.25) is 9.59 Å². The molecule has 1 aliphatic heterocycles. The highest BCUT2D eigenvalue weighted by molar-refractivity contribution is 5.87. The molecular weight excluding hydrogens is 208 g/mol. The predicted octanol–water partition coefficient (Wildman–Crippen LogP) is 0.147. The Bertz CT molecular complexity index is 278. The van der Waals surface area contributed by atoms with E-state index in [-0.39, 0.29) is 30.4 Å². The zero-order valence-electron chi connectivity index (χ0n) is 10.3. The van der Waals surface area contributed by atoms with Gasteiger partial charge in [0.25, 0.3) is 0 Å². The Kier molecular flexibility index (Phi) is 4.29. The molecule has 2 atom stereocenters. The van der Waals surface area contributed by atoms with E-state index in [1.807, 2.05) is 20.8 Å². The Morgan fingerprint density at radius 3 is 2.75 bits per heavy atom. The van der Waals surface area contributed by atoms with Gasteiger partial charge in [-0.25, -0.2) is 0 Å². The zero-order valence-corrected chi connectivity index (χ0v) is 10.3. The quantitative estimate of drug-likeness (QED) is 0.698. The van der Waals surface area contributed by atoms with Crippen molar-refractivity contribution >= 4 is 11.9 Å². The van der Waals surface area contributed by atoms with Gasteiger partial charge in [-0.05, 0) is 20.8 Å². The summed E-state index contributed by atoms with van der Waals surface area (Å²) in [7, 11) is 1.33. The molecule has 1 N–H and O–H groups in total.